The Balaban J connectivity index is 1.84. The molecule has 0 fully saturated rings. The Kier molecular flexibility index (Phi) is 5.70. The molecular formula is C19H21N5OS. The third-order valence-electron chi connectivity index (χ3n) is 3.92. The van der Waals surface area contributed by atoms with Gasteiger partial charge in [-0.25, -0.2) is 0 Å². The third-order valence-corrected chi connectivity index (χ3v) is 5.00. The van der Waals surface area contributed by atoms with Crippen molar-refractivity contribution in [1.29, 1.82) is 0 Å². The molecule has 0 aliphatic heterocycles. The van der Waals surface area contributed by atoms with Gasteiger partial charge in [0, 0.05) is 37.3 Å². The van der Waals surface area contributed by atoms with E-state index in [4.69, 9.17) is 5.73 Å². The van der Waals surface area contributed by atoms with Crippen LogP contribution in [0.5, 0.6) is 0 Å². The van der Waals surface area contributed by atoms with Crippen LogP contribution in [0.15, 0.2) is 42.6 Å². The fraction of sp³-hybridized carbons (Fsp3) is 0.263. The summed E-state index contributed by atoms with van der Waals surface area (Å²) in [6.07, 6.45) is 2.31. The number of carbonyl (C=O) groups excluding carboxylic acids is 1. The molecule has 7 heteroatoms. The van der Waals surface area contributed by atoms with E-state index >= 15 is 0 Å². The van der Waals surface area contributed by atoms with Gasteiger partial charge in [0.2, 0.25) is 5.91 Å². The van der Waals surface area contributed by atoms with Gasteiger partial charge in [-0.3, -0.25) is 9.78 Å². The number of aryl methyl sites for hydroxylation is 1. The normalized spacial score (nSPS) is 12.0. The van der Waals surface area contributed by atoms with Gasteiger partial charge in [0.25, 0.3) is 0 Å². The Labute approximate surface area is 156 Å². The van der Waals surface area contributed by atoms with Crippen LogP contribution >= 0.6 is 11.3 Å². The van der Waals surface area contributed by atoms with Crippen LogP contribution in [0.25, 0.3) is 10.6 Å². The van der Waals surface area contributed by atoms with Gasteiger partial charge in [-0.15, -0.1) is 10.2 Å². The Bertz CT molecular complexity index is 891. The Morgan fingerprint density at radius 2 is 2.12 bits per heavy atom. The van der Waals surface area contributed by atoms with E-state index in [0.29, 0.717) is 13.0 Å². The average Bonchev–Trinajstić information content (AvgIpc) is 3.11. The van der Waals surface area contributed by atoms with Gasteiger partial charge in [0.15, 0.2) is 0 Å². The maximum Gasteiger partial charge on any atom is 0.217 e. The smallest absolute Gasteiger partial charge is 0.217 e. The van der Waals surface area contributed by atoms with Crippen LogP contribution in [-0.2, 0) is 17.8 Å². The van der Waals surface area contributed by atoms with Gasteiger partial charge in [0.05, 0.1) is 6.04 Å². The van der Waals surface area contributed by atoms with Gasteiger partial charge in [-0.1, -0.05) is 41.2 Å². The topological polar surface area (TPSA) is 93.8 Å². The second-order valence-corrected chi connectivity index (χ2v) is 7.14. The first-order chi connectivity index (χ1) is 12.5. The summed E-state index contributed by atoms with van der Waals surface area (Å²) < 4.78 is 0. The third kappa shape index (κ3) is 4.50. The highest BCUT2D eigenvalue weighted by molar-refractivity contribution is 7.14. The van der Waals surface area contributed by atoms with Crippen LogP contribution in [0.3, 0.4) is 0 Å². The number of rotatable bonds is 6. The number of nitrogens with zero attached hydrogens (tertiary/aromatic N) is 3. The zero-order valence-electron chi connectivity index (χ0n) is 14.8. The summed E-state index contributed by atoms with van der Waals surface area (Å²) in [6.45, 7) is 4.00. The van der Waals surface area contributed by atoms with Crippen LogP contribution in [0.4, 0.5) is 0 Å². The first-order valence-electron chi connectivity index (χ1n) is 8.36. The quantitative estimate of drug-likeness (QED) is 0.699. The molecule has 1 amide bonds. The summed E-state index contributed by atoms with van der Waals surface area (Å²) in [6, 6.07) is 11.7. The number of aromatic nitrogens is 3. The van der Waals surface area contributed by atoms with E-state index in [9.17, 15) is 4.79 Å². The second kappa shape index (κ2) is 8.16. The van der Waals surface area contributed by atoms with Crippen LogP contribution in [0.1, 0.15) is 34.8 Å². The summed E-state index contributed by atoms with van der Waals surface area (Å²) >= 11 is 1.49. The molecule has 1 unspecified atom stereocenters. The molecule has 3 N–H and O–H groups in total. The van der Waals surface area contributed by atoms with Gasteiger partial charge >= 0.3 is 0 Å². The first-order valence-corrected chi connectivity index (χ1v) is 9.18. The number of hydrogen-bond acceptors (Lipinski definition) is 6. The summed E-state index contributed by atoms with van der Waals surface area (Å²) in [5.74, 6) is -0.110. The Morgan fingerprint density at radius 1 is 1.27 bits per heavy atom. The molecule has 3 rings (SSSR count). The minimum Gasteiger partial charge on any atom is -0.347 e. The largest absolute Gasteiger partial charge is 0.347 e. The van der Waals surface area contributed by atoms with E-state index in [1.807, 2.05) is 37.3 Å². The van der Waals surface area contributed by atoms with Crippen molar-refractivity contribution in [3.8, 4) is 10.6 Å². The summed E-state index contributed by atoms with van der Waals surface area (Å²) in [4.78, 5) is 16.1. The molecule has 0 aliphatic rings. The molecule has 0 spiro atoms. The van der Waals surface area contributed by atoms with Crippen molar-refractivity contribution in [1.82, 2.24) is 20.5 Å². The molecule has 0 aliphatic carbocycles. The van der Waals surface area contributed by atoms with Crippen molar-refractivity contribution in [2.24, 2.45) is 5.73 Å². The van der Waals surface area contributed by atoms with E-state index in [-0.39, 0.29) is 11.9 Å². The second-order valence-electron chi connectivity index (χ2n) is 6.13. The van der Waals surface area contributed by atoms with E-state index in [1.165, 1.54) is 23.8 Å². The predicted octanol–water partition coefficient (Wildman–Crippen LogP) is 2.79. The highest BCUT2D eigenvalue weighted by Crippen LogP contribution is 2.28. The Hall–Kier alpha value is -2.64. The molecular weight excluding hydrogens is 346 g/mol. The number of benzene rings is 1. The van der Waals surface area contributed by atoms with Crippen molar-refractivity contribution >= 4 is 17.2 Å². The molecule has 26 heavy (non-hydrogen) atoms. The molecule has 1 atom stereocenters. The van der Waals surface area contributed by atoms with Crippen LogP contribution in [0.2, 0.25) is 0 Å². The van der Waals surface area contributed by atoms with Crippen LogP contribution < -0.4 is 11.1 Å². The SMILES string of the molecule is CC(=O)NC(Cc1ccc(CN)cn1)c1nnc(-c2cccc(C)c2)s1. The molecule has 0 bridgehead atoms. The maximum atomic E-state index is 11.6. The molecule has 1 aromatic carbocycles. The fourth-order valence-corrected chi connectivity index (χ4v) is 3.51. The molecule has 3 aromatic rings. The van der Waals surface area contributed by atoms with E-state index < -0.39 is 0 Å². The highest BCUT2D eigenvalue weighted by Gasteiger charge is 2.20. The lowest BCUT2D eigenvalue weighted by Gasteiger charge is -2.14. The van der Waals surface area contributed by atoms with Crippen molar-refractivity contribution in [2.75, 3.05) is 0 Å². The fourth-order valence-electron chi connectivity index (χ4n) is 2.62. The zero-order valence-corrected chi connectivity index (χ0v) is 15.6. The number of pyridine rings is 1. The standard InChI is InChI=1S/C19H21N5OS/c1-12-4-3-5-15(8-12)18-23-24-19(26-18)17(22-13(2)25)9-16-7-6-14(10-20)11-21-16/h3-8,11,17H,9-10,20H2,1-2H3,(H,22,25). The monoisotopic (exact) mass is 367 g/mol. The number of nitrogens with one attached hydrogen (secondary N) is 1. The predicted molar refractivity (Wildman–Crippen MR) is 102 cm³/mol. The zero-order chi connectivity index (χ0) is 18.5. The molecule has 2 aromatic heterocycles. The lowest BCUT2D eigenvalue weighted by molar-refractivity contribution is -0.119. The lowest BCUT2D eigenvalue weighted by Crippen LogP contribution is -2.27. The van der Waals surface area contributed by atoms with Crippen molar-refractivity contribution < 1.29 is 4.79 Å². The number of nitrogens with two attached hydrogens (primary N) is 1. The molecule has 2 heterocycles. The maximum absolute atomic E-state index is 11.6. The van der Waals surface area contributed by atoms with Crippen molar-refractivity contribution in [2.45, 2.75) is 32.9 Å². The minimum atomic E-state index is -0.264. The Morgan fingerprint density at radius 3 is 2.77 bits per heavy atom. The lowest BCUT2D eigenvalue weighted by atomic mass is 10.1. The summed E-state index contributed by atoms with van der Waals surface area (Å²) in [7, 11) is 0. The van der Waals surface area contributed by atoms with Gasteiger partial charge in [-0.2, -0.15) is 0 Å². The first kappa shape index (κ1) is 18.2. The molecule has 134 valence electrons. The van der Waals surface area contributed by atoms with Crippen molar-refractivity contribution in [3.05, 3.63) is 64.4 Å². The molecule has 0 saturated carbocycles. The van der Waals surface area contributed by atoms with Gasteiger partial charge < -0.3 is 11.1 Å². The van der Waals surface area contributed by atoms with E-state index in [2.05, 4.69) is 26.6 Å². The van der Waals surface area contributed by atoms with Gasteiger partial charge in [0.1, 0.15) is 10.0 Å². The number of carbonyl (C=O) groups is 1. The molecule has 6 nitrogen and oxygen atoms in total. The molecule has 0 radical (unpaired) electrons. The minimum absolute atomic E-state index is 0.110. The van der Waals surface area contributed by atoms with E-state index in [0.717, 1.165) is 26.8 Å². The highest BCUT2D eigenvalue weighted by atomic mass is 32.1. The summed E-state index contributed by atoms with van der Waals surface area (Å²) in [5, 5.41) is 13.2. The van der Waals surface area contributed by atoms with E-state index in [1.54, 1.807) is 6.20 Å². The number of hydrogen-bond donors (Lipinski definition) is 2. The van der Waals surface area contributed by atoms with Crippen LogP contribution in [0, 0.1) is 6.92 Å². The van der Waals surface area contributed by atoms with Gasteiger partial charge in [-0.05, 0) is 24.6 Å². The average molecular weight is 367 g/mol. The molecule has 0 saturated heterocycles. The van der Waals surface area contributed by atoms with Crippen molar-refractivity contribution in [3.63, 3.8) is 0 Å². The number of amides is 1. The summed E-state index contributed by atoms with van der Waals surface area (Å²) in [5.41, 5.74) is 9.65. The van der Waals surface area contributed by atoms with Crippen LogP contribution in [-0.4, -0.2) is 21.1 Å².